The number of ether oxygens (including phenoxy) is 1. The first-order valence-corrected chi connectivity index (χ1v) is 8.44. The zero-order chi connectivity index (χ0) is 16.6. The van der Waals surface area contributed by atoms with Crippen molar-refractivity contribution in [2.45, 2.75) is 44.2 Å². The van der Waals surface area contributed by atoms with Gasteiger partial charge in [-0.25, -0.2) is 9.78 Å². The van der Waals surface area contributed by atoms with E-state index in [4.69, 9.17) is 9.84 Å². The third-order valence-electron chi connectivity index (χ3n) is 4.50. The molecule has 0 unspecified atom stereocenters. The maximum Gasteiger partial charge on any atom is 0.405 e. The van der Waals surface area contributed by atoms with Crippen LogP contribution in [0, 0.1) is 0 Å². The molecule has 0 saturated heterocycles. The topological polar surface area (TPSA) is 76.4 Å². The van der Waals surface area contributed by atoms with Crippen molar-refractivity contribution in [2.24, 2.45) is 7.05 Å². The minimum Gasteiger partial charge on any atom is -0.490 e. The van der Waals surface area contributed by atoms with Gasteiger partial charge in [0.05, 0.1) is 17.9 Å². The van der Waals surface area contributed by atoms with Gasteiger partial charge in [-0.2, -0.15) is 0 Å². The van der Waals surface area contributed by atoms with Crippen LogP contribution in [0.15, 0.2) is 22.9 Å². The summed E-state index contributed by atoms with van der Waals surface area (Å²) in [5.41, 5.74) is 1.59. The fraction of sp³-hybridized carbons (Fsp3) is 0.500. The summed E-state index contributed by atoms with van der Waals surface area (Å²) in [5, 5.41) is 11.5. The van der Waals surface area contributed by atoms with Crippen LogP contribution in [0.25, 0.3) is 11.0 Å². The number of aromatic nitrogens is 2. The number of amides is 1. The number of nitrogens with zero attached hydrogens (tertiary/aromatic N) is 2. The van der Waals surface area contributed by atoms with E-state index in [1.165, 1.54) is 0 Å². The van der Waals surface area contributed by atoms with Gasteiger partial charge in [-0.3, -0.25) is 0 Å². The van der Waals surface area contributed by atoms with Crippen molar-refractivity contribution in [1.29, 1.82) is 0 Å². The molecule has 1 aromatic carbocycles. The monoisotopic (exact) mass is 381 g/mol. The fourth-order valence-corrected chi connectivity index (χ4v) is 3.68. The van der Waals surface area contributed by atoms with Gasteiger partial charge in [0.15, 0.2) is 0 Å². The molecule has 1 aliphatic carbocycles. The van der Waals surface area contributed by atoms with Crippen LogP contribution in [-0.2, 0) is 7.05 Å². The Hall–Kier alpha value is -1.76. The molecule has 2 aromatic rings. The number of rotatable bonds is 3. The summed E-state index contributed by atoms with van der Waals surface area (Å²) in [6.45, 7) is 1.95. The molecule has 1 fully saturated rings. The molecule has 124 valence electrons. The number of hydrogen-bond acceptors (Lipinski definition) is 3. The Morgan fingerprint density at radius 3 is 2.83 bits per heavy atom. The highest BCUT2D eigenvalue weighted by Gasteiger charge is 2.33. The number of carbonyl (C=O) groups is 1. The van der Waals surface area contributed by atoms with Crippen molar-refractivity contribution in [1.82, 2.24) is 14.9 Å². The minimum atomic E-state index is -0.961. The summed E-state index contributed by atoms with van der Waals surface area (Å²) in [5.74, 6) is 0.813. The Kier molecular flexibility index (Phi) is 4.23. The molecule has 0 bridgehead atoms. The number of nitrogens with one attached hydrogen (secondary N) is 1. The zero-order valence-electron chi connectivity index (χ0n) is 13.2. The number of carboxylic acid groups (broad SMARTS) is 1. The van der Waals surface area contributed by atoms with Crippen molar-refractivity contribution in [2.75, 3.05) is 0 Å². The zero-order valence-corrected chi connectivity index (χ0v) is 14.8. The first kappa shape index (κ1) is 16.1. The van der Waals surface area contributed by atoms with Gasteiger partial charge >= 0.3 is 6.09 Å². The highest BCUT2D eigenvalue weighted by molar-refractivity contribution is 9.10. The van der Waals surface area contributed by atoms with Gasteiger partial charge in [0.1, 0.15) is 11.3 Å². The van der Waals surface area contributed by atoms with E-state index in [0.29, 0.717) is 0 Å². The van der Waals surface area contributed by atoms with Crippen molar-refractivity contribution in [3.8, 4) is 5.75 Å². The average Bonchev–Trinajstić information content (AvgIpc) is 2.83. The molecular formula is C16H20BrN3O3. The van der Waals surface area contributed by atoms with E-state index in [0.717, 1.165) is 46.9 Å². The summed E-state index contributed by atoms with van der Waals surface area (Å²) < 4.78 is 9.00. The Morgan fingerprint density at radius 2 is 2.17 bits per heavy atom. The molecule has 1 heterocycles. The Labute approximate surface area is 143 Å². The maximum atomic E-state index is 10.9. The van der Waals surface area contributed by atoms with E-state index in [1.54, 1.807) is 6.33 Å². The quantitative estimate of drug-likeness (QED) is 0.849. The lowest BCUT2D eigenvalue weighted by molar-refractivity contribution is 0.105. The van der Waals surface area contributed by atoms with Crippen LogP contribution < -0.4 is 10.1 Å². The molecular weight excluding hydrogens is 362 g/mol. The molecule has 1 amide bonds. The van der Waals surface area contributed by atoms with Crippen LogP contribution in [0.1, 0.15) is 32.6 Å². The predicted octanol–water partition coefficient (Wildman–Crippen LogP) is 3.68. The highest BCUT2D eigenvalue weighted by Crippen LogP contribution is 2.33. The van der Waals surface area contributed by atoms with Gasteiger partial charge < -0.3 is 19.7 Å². The molecule has 0 aliphatic heterocycles. The normalized spacial score (nSPS) is 24.6. The number of aryl methyl sites for hydroxylation is 1. The van der Waals surface area contributed by atoms with Crippen LogP contribution >= 0.6 is 15.9 Å². The van der Waals surface area contributed by atoms with Crippen molar-refractivity contribution < 1.29 is 14.6 Å². The van der Waals surface area contributed by atoms with Crippen LogP contribution in [0.2, 0.25) is 0 Å². The highest BCUT2D eigenvalue weighted by atomic mass is 79.9. The standard InChI is InChI=1S/C16H20BrN3O3/c1-16(19-15(21)22)5-3-10(4-6-16)23-11-7-12(17)14-13(8-11)20(2)9-18-14/h7-10,19H,3-6H2,1-2H3,(H,21,22)/t10-,16+. The molecule has 1 saturated carbocycles. The maximum absolute atomic E-state index is 10.9. The smallest absolute Gasteiger partial charge is 0.405 e. The molecule has 3 rings (SSSR count). The first-order chi connectivity index (χ1) is 10.9. The fourth-order valence-electron chi connectivity index (χ4n) is 3.15. The Balaban J connectivity index is 1.69. The number of benzene rings is 1. The summed E-state index contributed by atoms with van der Waals surface area (Å²) in [4.78, 5) is 15.2. The lowest BCUT2D eigenvalue weighted by Gasteiger charge is -2.37. The van der Waals surface area contributed by atoms with Gasteiger partial charge in [-0.1, -0.05) is 0 Å². The van der Waals surface area contributed by atoms with Gasteiger partial charge in [0, 0.05) is 23.1 Å². The lowest BCUT2D eigenvalue weighted by atomic mass is 9.82. The van der Waals surface area contributed by atoms with E-state index in [1.807, 2.05) is 30.7 Å². The molecule has 23 heavy (non-hydrogen) atoms. The van der Waals surface area contributed by atoms with Crippen LogP contribution in [0.3, 0.4) is 0 Å². The first-order valence-electron chi connectivity index (χ1n) is 7.65. The third kappa shape index (κ3) is 3.44. The molecule has 0 spiro atoms. The van der Waals surface area contributed by atoms with Crippen molar-refractivity contribution in [3.05, 3.63) is 22.9 Å². The predicted molar refractivity (Wildman–Crippen MR) is 90.9 cm³/mol. The SMILES string of the molecule is Cn1cnc2c(Br)cc(O[C@H]3CC[C@@](C)(NC(=O)O)CC3)cc21. The molecule has 0 radical (unpaired) electrons. The van der Waals surface area contributed by atoms with Gasteiger partial charge in [0.25, 0.3) is 0 Å². The van der Waals surface area contributed by atoms with E-state index >= 15 is 0 Å². The number of hydrogen-bond donors (Lipinski definition) is 2. The van der Waals surface area contributed by atoms with E-state index in [2.05, 4.69) is 26.2 Å². The summed E-state index contributed by atoms with van der Waals surface area (Å²) in [6.07, 6.45) is 4.14. The summed E-state index contributed by atoms with van der Waals surface area (Å²) in [6, 6.07) is 3.94. The van der Waals surface area contributed by atoms with Crippen LogP contribution in [-0.4, -0.2) is 32.4 Å². The average molecular weight is 382 g/mol. The van der Waals surface area contributed by atoms with Crippen molar-refractivity contribution >= 4 is 33.1 Å². The molecule has 2 N–H and O–H groups in total. The second-order valence-electron chi connectivity index (χ2n) is 6.44. The molecule has 6 nitrogen and oxygen atoms in total. The van der Waals surface area contributed by atoms with Crippen LogP contribution in [0.4, 0.5) is 4.79 Å². The lowest BCUT2D eigenvalue weighted by Crippen LogP contribution is -2.49. The van der Waals surface area contributed by atoms with Gasteiger partial charge in [0.2, 0.25) is 0 Å². The van der Waals surface area contributed by atoms with Crippen LogP contribution in [0.5, 0.6) is 5.75 Å². The Bertz CT molecular complexity index is 735. The minimum absolute atomic E-state index is 0.108. The molecule has 1 aliphatic rings. The van der Waals surface area contributed by atoms with Gasteiger partial charge in [-0.15, -0.1) is 0 Å². The number of halogens is 1. The largest absolute Gasteiger partial charge is 0.490 e. The van der Waals surface area contributed by atoms with E-state index < -0.39 is 6.09 Å². The molecule has 1 aromatic heterocycles. The van der Waals surface area contributed by atoms with Gasteiger partial charge in [-0.05, 0) is 54.6 Å². The van der Waals surface area contributed by atoms with E-state index in [9.17, 15) is 4.79 Å². The van der Waals surface area contributed by atoms with E-state index in [-0.39, 0.29) is 11.6 Å². The molecule has 0 atom stereocenters. The second-order valence-corrected chi connectivity index (χ2v) is 7.29. The number of imidazole rings is 1. The molecule has 7 heteroatoms. The number of fused-ring (bicyclic) bond motifs is 1. The summed E-state index contributed by atoms with van der Waals surface area (Å²) in [7, 11) is 1.95. The summed E-state index contributed by atoms with van der Waals surface area (Å²) >= 11 is 3.54. The van der Waals surface area contributed by atoms with Crippen molar-refractivity contribution in [3.63, 3.8) is 0 Å². The second kappa shape index (κ2) is 6.03. The Morgan fingerprint density at radius 1 is 1.48 bits per heavy atom. The third-order valence-corrected chi connectivity index (χ3v) is 5.11.